The van der Waals surface area contributed by atoms with Gasteiger partial charge in [0.1, 0.15) is 15.2 Å². The van der Waals surface area contributed by atoms with Crippen LogP contribution in [0.15, 0.2) is 12.0 Å². The largest absolute Gasteiger partial charge is 0.450 e. The summed E-state index contributed by atoms with van der Waals surface area (Å²) in [6.45, 7) is 3.52. The van der Waals surface area contributed by atoms with E-state index in [0.717, 1.165) is 7.57 Å². The summed E-state index contributed by atoms with van der Waals surface area (Å²) in [5.41, 5.74) is 2.17. The van der Waals surface area contributed by atoms with Crippen molar-refractivity contribution in [1.82, 2.24) is 9.97 Å². The monoisotopic (exact) mass is 440 g/mol. The first-order valence-electron chi connectivity index (χ1n) is 6.25. The van der Waals surface area contributed by atoms with E-state index >= 15 is 0 Å². The topological polar surface area (TPSA) is 73.1 Å². The molecule has 22 heavy (non-hydrogen) atoms. The lowest BCUT2D eigenvalue weighted by atomic mass is 9.94. The average Bonchev–Trinajstić information content (AvgIpc) is 2.98. The molecular weight excluding hydrogens is 436 g/mol. The summed E-state index contributed by atoms with van der Waals surface area (Å²) >= 11 is 8.19. The van der Waals surface area contributed by atoms with E-state index in [-0.39, 0.29) is 28.5 Å². The van der Waals surface area contributed by atoms with Crippen LogP contribution in [0.1, 0.15) is 43.7 Å². The first-order valence-corrected chi connectivity index (χ1v) is 8.65. The summed E-state index contributed by atoms with van der Waals surface area (Å²) in [4.78, 5) is 33.9. The van der Waals surface area contributed by atoms with E-state index in [1.807, 2.05) is 0 Å². The van der Waals surface area contributed by atoms with Crippen LogP contribution in [-0.4, -0.2) is 21.5 Å². The summed E-state index contributed by atoms with van der Waals surface area (Å²) < 4.78 is 7.11. The number of halogens is 2. The fraction of sp³-hybridized carbons (Fsp3) is 0.143. The molecule has 0 unspecified atom stereocenters. The number of carbonyl (C=O) groups excluding carboxylic acids is 2. The number of rotatable bonds is 0. The number of hydrogen-bond acceptors (Lipinski definition) is 6. The normalized spacial score (nSPS) is 13.6. The Morgan fingerprint density at radius 3 is 2.18 bits per heavy atom. The number of aromatic nitrogens is 2. The summed E-state index contributed by atoms with van der Waals surface area (Å²) in [6, 6.07) is 0. The second-order valence-corrected chi connectivity index (χ2v) is 8.57. The first kappa shape index (κ1) is 14.2. The lowest BCUT2D eigenvalue weighted by Crippen LogP contribution is -2.23. The van der Waals surface area contributed by atoms with E-state index in [1.54, 1.807) is 13.8 Å². The van der Waals surface area contributed by atoms with Crippen molar-refractivity contribution in [2.24, 2.45) is 0 Å². The maximum absolute atomic E-state index is 12.8. The van der Waals surface area contributed by atoms with Crippen molar-refractivity contribution in [3.63, 3.8) is 0 Å². The molecule has 0 bridgehead atoms. The number of fused-ring (bicyclic) bond motifs is 4. The van der Waals surface area contributed by atoms with E-state index in [4.69, 9.17) is 4.42 Å². The number of thiophene rings is 1. The molecule has 8 heteroatoms. The van der Waals surface area contributed by atoms with E-state index in [2.05, 4.69) is 41.8 Å². The van der Waals surface area contributed by atoms with Gasteiger partial charge in [-0.25, -0.2) is 9.97 Å². The smallest absolute Gasteiger partial charge is 0.249 e. The van der Waals surface area contributed by atoms with Crippen LogP contribution in [0.5, 0.6) is 0 Å². The fourth-order valence-electron chi connectivity index (χ4n) is 2.46. The number of ketones is 2. The Bertz CT molecular complexity index is 1020. The molecular formula is C14H6Br2N2O3S. The van der Waals surface area contributed by atoms with Gasteiger partial charge in [0, 0.05) is 0 Å². The van der Waals surface area contributed by atoms with Crippen LogP contribution in [0.4, 0.5) is 0 Å². The van der Waals surface area contributed by atoms with Crippen LogP contribution in [0, 0.1) is 13.8 Å². The molecule has 0 fully saturated rings. The maximum Gasteiger partial charge on any atom is 0.249 e. The van der Waals surface area contributed by atoms with Gasteiger partial charge in [0.25, 0.3) is 0 Å². The minimum Gasteiger partial charge on any atom is -0.450 e. The van der Waals surface area contributed by atoms with Crippen molar-refractivity contribution in [3.8, 4) is 0 Å². The fourth-order valence-corrected chi connectivity index (χ4v) is 5.43. The van der Waals surface area contributed by atoms with Crippen LogP contribution in [0.2, 0.25) is 0 Å². The Labute approximate surface area is 145 Å². The first-order chi connectivity index (χ1) is 10.4. The van der Waals surface area contributed by atoms with Gasteiger partial charge in [0.2, 0.25) is 11.6 Å². The van der Waals surface area contributed by atoms with Crippen LogP contribution in [0.3, 0.4) is 0 Å². The van der Waals surface area contributed by atoms with Gasteiger partial charge in [-0.3, -0.25) is 9.59 Å². The van der Waals surface area contributed by atoms with Gasteiger partial charge in [0.05, 0.1) is 26.1 Å². The number of nitrogens with zero attached hydrogens (tertiary/aromatic N) is 2. The molecule has 5 nitrogen and oxygen atoms in total. The average molecular weight is 442 g/mol. The molecule has 0 N–H and O–H groups in total. The molecule has 0 aliphatic heterocycles. The molecule has 0 saturated heterocycles. The molecule has 0 aromatic carbocycles. The minimum absolute atomic E-state index is 0.0363. The van der Waals surface area contributed by atoms with Gasteiger partial charge in [-0.1, -0.05) is 0 Å². The number of aryl methyl sites for hydroxylation is 2. The van der Waals surface area contributed by atoms with Gasteiger partial charge in [-0.15, -0.1) is 11.3 Å². The van der Waals surface area contributed by atoms with Crippen molar-refractivity contribution in [1.29, 1.82) is 0 Å². The molecule has 3 heterocycles. The second kappa shape index (κ2) is 4.56. The third-order valence-corrected chi connectivity index (χ3v) is 6.11. The zero-order valence-corrected chi connectivity index (χ0v) is 15.3. The summed E-state index contributed by atoms with van der Waals surface area (Å²) in [5.74, 6) is -0.695. The van der Waals surface area contributed by atoms with Crippen LogP contribution in [0.25, 0.3) is 11.0 Å². The Morgan fingerprint density at radius 2 is 1.55 bits per heavy atom. The molecule has 0 saturated carbocycles. The van der Waals surface area contributed by atoms with Crippen molar-refractivity contribution < 1.29 is 14.0 Å². The van der Waals surface area contributed by atoms with Gasteiger partial charge in [0.15, 0.2) is 11.3 Å². The highest BCUT2D eigenvalue weighted by molar-refractivity contribution is 9.12. The number of furan rings is 1. The number of carbonyl (C=O) groups is 2. The van der Waals surface area contributed by atoms with Crippen molar-refractivity contribution in [2.75, 3.05) is 0 Å². The van der Waals surface area contributed by atoms with E-state index in [0.29, 0.717) is 22.4 Å². The molecule has 4 rings (SSSR count). The van der Waals surface area contributed by atoms with Crippen molar-refractivity contribution in [3.05, 3.63) is 41.7 Å². The van der Waals surface area contributed by atoms with Gasteiger partial charge in [-0.2, -0.15) is 0 Å². The predicted molar refractivity (Wildman–Crippen MR) is 87.9 cm³/mol. The third-order valence-electron chi connectivity index (χ3n) is 3.63. The molecule has 0 atom stereocenters. The minimum atomic E-state index is -0.403. The zero-order chi connectivity index (χ0) is 15.8. The zero-order valence-electron chi connectivity index (χ0n) is 11.3. The molecule has 0 spiro atoms. The van der Waals surface area contributed by atoms with Crippen molar-refractivity contribution in [2.45, 2.75) is 13.8 Å². The molecule has 110 valence electrons. The lowest BCUT2D eigenvalue weighted by molar-refractivity contribution is 0.0954. The van der Waals surface area contributed by atoms with Crippen LogP contribution < -0.4 is 0 Å². The highest BCUT2D eigenvalue weighted by Crippen LogP contribution is 2.45. The van der Waals surface area contributed by atoms with Gasteiger partial charge in [-0.05, 0) is 45.7 Å². The Hall–Kier alpha value is -1.38. The summed E-state index contributed by atoms with van der Waals surface area (Å²) in [7, 11) is 0. The summed E-state index contributed by atoms with van der Waals surface area (Å²) in [6.07, 6.45) is 0. The quantitative estimate of drug-likeness (QED) is 0.408. The molecule has 0 radical (unpaired) electrons. The maximum atomic E-state index is 12.8. The lowest BCUT2D eigenvalue weighted by Gasteiger charge is -2.13. The molecule has 0 amide bonds. The molecule has 1 aliphatic carbocycles. The van der Waals surface area contributed by atoms with Crippen molar-refractivity contribution >= 4 is 65.7 Å². The predicted octanol–water partition coefficient (Wildman–Crippen LogP) is 4.20. The third kappa shape index (κ3) is 1.68. The SMILES string of the molecule is Cc1nc2c(nc1C)C(=O)c1c(oc3c(Br)sc(Br)c13)C2=O. The summed E-state index contributed by atoms with van der Waals surface area (Å²) in [5, 5.41) is 0.607. The standard InChI is InChI=1S/C14H6Br2N2O3S/c1-3-4(2)18-8-7(17-3)9(19)5-6-12(14(16)22-13(6)15)21-11(5)10(8)20/h1-2H3. The van der Waals surface area contributed by atoms with Gasteiger partial charge >= 0.3 is 0 Å². The molecule has 3 aromatic rings. The van der Waals surface area contributed by atoms with E-state index < -0.39 is 5.78 Å². The molecule has 3 aromatic heterocycles. The highest BCUT2D eigenvalue weighted by Gasteiger charge is 2.39. The second-order valence-electron chi connectivity index (χ2n) is 4.91. The molecule has 1 aliphatic rings. The van der Waals surface area contributed by atoms with E-state index in [9.17, 15) is 9.59 Å². The van der Waals surface area contributed by atoms with Crippen LogP contribution in [-0.2, 0) is 0 Å². The van der Waals surface area contributed by atoms with Gasteiger partial charge < -0.3 is 4.42 Å². The van der Waals surface area contributed by atoms with E-state index in [1.165, 1.54) is 11.3 Å². The Morgan fingerprint density at radius 1 is 0.955 bits per heavy atom. The van der Waals surface area contributed by atoms with Crippen LogP contribution >= 0.6 is 43.2 Å². The Balaban J connectivity index is 2.11. The highest BCUT2D eigenvalue weighted by atomic mass is 79.9. The number of hydrogen-bond donors (Lipinski definition) is 0. The Kier molecular flexibility index (Phi) is 2.95.